The summed E-state index contributed by atoms with van der Waals surface area (Å²) < 4.78 is 0. The summed E-state index contributed by atoms with van der Waals surface area (Å²) in [6.07, 6.45) is 0.734. The highest BCUT2D eigenvalue weighted by Gasteiger charge is 2.28. The van der Waals surface area contributed by atoms with Crippen LogP contribution in [0.4, 0.5) is 11.5 Å². The van der Waals surface area contributed by atoms with Gasteiger partial charge in [-0.3, -0.25) is 9.89 Å². The molecule has 0 spiro atoms. The SMILES string of the molecule is Nc1n[nH]c2c1CCN(c1ccccc1)C2=O. The van der Waals surface area contributed by atoms with Crippen LogP contribution in [0.5, 0.6) is 0 Å². The second-order valence-corrected chi connectivity index (χ2v) is 4.00. The maximum absolute atomic E-state index is 12.2. The lowest BCUT2D eigenvalue weighted by Crippen LogP contribution is -2.37. The van der Waals surface area contributed by atoms with Gasteiger partial charge in [0.15, 0.2) is 0 Å². The second-order valence-electron chi connectivity index (χ2n) is 4.00. The molecule has 0 bridgehead atoms. The van der Waals surface area contributed by atoms with Gasteiger partial charge in [0.05, 0.1) is 0 Å². The number of fused-ring (bicyclic) bond motifs is 1. The summed E-state index contributed by atoms with van der Waals surface area (Å²) in [5.41, 5.74) is 7.94. The number of carbonyl (C=O) groups is 1. The molecular formula is C12H12N4O. The topological polar surface area (TPSA) is 75.0 Å². The summed E-state index contributed by atoms with van der Waals surface area (Å²) >= 11 is 0. The number of hydrogen-bond donors (Lipinski definition) is 2. The number of aromatic amines is 1. The highest BCUT2D eigenvalue weighted by molar-refractivity contribution is 6.07. The monoisotopic (exact) mass is 228 g/mol. The third-order valence-electron chi connectivity index (χ3n) is 3.01. The summed E-state index contributed by atoms with van der Waals surface area (Å²) in [5, 5.41) is 6.59. The summed E-state index contributed by atoms with van der Waals surface area (Å²) in [7, 11) is 0. The molecule has 5 heteroatoms. The van der Waals surface area contributed by atoms with Crippen LogP contribution in [-0.4, -0.2) is 22.6 Å². The first-order valence-electron chi connectivity index (χ1n) is 5.47. The molecule has 1 aliphatic heterocycles. The lowest BCUT2D eigenvalue weighted by Gasteiger charge is -2.26. The number of hydrogen-bond acceptors (Lipinski definition) is 3. The molecule has 2 aromatic rings. The van der Waals surface area contributed by atoms with Crippen molar-refractivity contribution >= 4 is 17.4 Å². The zero-order chi connectivity index (χ0) is 11.8. The molecule has 0 radical (unpaired) electrons. The minimum absolute atomic E-state index is 0.0679. The predicted molar refractivity (Wildman–Crippen MR) is 64.8 cm³/mol. The summed E-state index contributed by atoms with van der Waals surface area (Å²) in [6.45, 7) is 0.638. The van der Waals surface area contributed by atoms with Gasteiger partial charge in [-0.1, -0.05) is 18.2 Å². The van der Waals surface area contributed by atoms with Crippen LogP contribution >= 0.6 is 0 Å². The Kier molecular flexibility index (Phi) is 2.11. The van der Waals surface area contributed by atoms with Crippen molar-refractivity contribution in [3.05, 3.63) is 41.6 Å². The van der Waals surface area contributed by atoms with Crippen LogP contribution in [0, 0.1) is 0 Å². The molecule has 3 rings (SSSR count). The number of rotatable bonds is 1. The molecule has 86 valence electrons. The van der Waals surface area contributed by atoms with Crippen molar-refractivity contribution < 1.29 is 4.79 Å². The van der Waals surface area contributed by atoms with Gasteiger partial charge in [0.1, 0.15) is 11.5 Å². The van der Waals surface area contributed by atoms with Gasteiger partial charge in [-0.25, -0.2) is 0 Å². The van der Waals surface area contributed by atoms with E-state index in [1.165, 1.54) is 0 Å². The minimum Gasteiger partial charge on any atom is -0.382 e. The number of para-hydroxylation sites is 1. The van der Waals surface area contributed by atoms with E-state index in [2.05, 4.69) is 10.2 Å². The van der Waals surface area contributed by atoms with E-state index in [-0.39, 0.29) is 5.91 Å². The van der Waals surface area contributed by atoms with Crippen molar-refractivity contribution in [3.63, 3.8) is 0 Å². The molecule has 0 fully saturated rings. The van der Waals surface area contributed by atoms with Gasteiger partial charge in [0.2, 0.25) is 0 Å². The molecule has 1 amide bonds. The van der Waals surface area contributed by atoms with Gasteiger partial charge in [-0.05, 0) is 18.6 Å². The maximum Gasteiger partial charge on any atom is 0.276 e. The summed E-state index contributed by atoms with van der Waals surface area (Å²) in [5.74, 6) is 0.364. The molecule has 3 N–H and O–H groups in total. The maximum atomic E-state index is 12.2. The highest BCUT2D eigenvalue weighted by Crippen LogP contribution is 2.25. The van der Waals surface area contributed by atoms with Gasteiger partial charge < -0.3 is 10.6 Å². The van der Waals surface area contributed by atoms with Gasteiger partial charge in [0, 0.05) is 17.8 Å². The molecule has 1 aromatic carbocycles. The van der Waals surface area contributed by atoms with Crippen LogP contribution in [0.2, 0.25) is 0 Å². The van der Waals surface area contributed by atoms with E-state index in [1.54, 1.807) is 4.90 Å². The molecule has 1 aliphatic rings. The van der Waals surface area contributed by atoms with E-state index < -0.39 is 0 Å². The normalized spacial score (nSPS) is 14.8. The Morgan fingerprint density at radius 1 is 1.29 bits per heavy atom. The molecule has 5 nitrogen and oxygen atoms in total. The average Bonchev–Trinajstić information content (AvgIpc) is 2.74. The van der Waals surface area contributed by atoms with Crippen LogP contribution in [-0.2, 0) is 6.42 Å². The first-order chi connectivity index (χ1) is 8.27. The Bertz CT molecular complexity index is 561. The number of carbonyl (C=O) groups excluding carboxylic acids is 1. The van der Waals surface area contributed by atoms with E-state index in [1.807, 2.05) is 30.3 Å². The predicted octanol–water partition coefficient (Wildman–Crippen LogP) is 1.19. The Balaban J connectivity index is 2.00. The largest absolute Gasteiger partial charge is 0.382 e. The van der Waals surface area contributed by atoms with Crippen LogP contribution in [0.1, 0.15) is 16.1 Å². The fourth-order valence-electron chi connectivity index (χ4n) is 2.12. The molecular weight excluding hydrogens is 216 g/mol. The fourth-order valence-corrected chi connectivity index (χ4v) is 2.12. The number of nitrogens with one attached hydrogen (secondary N) is 1. The van der Waals surface area contributed by atoms with Crippen molar-refractivity contribution in [2.45, 2.75) is 6.42 Å². The fraction of sp³-hybridized carbons (Fsp3) is 0.167. The van der Waals surface area contributed by atoms with E-state index >= 15 is 0 Å². The number of nitrogens with two attached hydrogens (primary N) is 1. The Morgan fingerprint density at radius 3 is 2.82 bits per heavy atom. The molecule has 0 unspecified atom stereocenters. The summed E-state index contributed by atoms with van der Waals surface area (Å²) in [4.78, 5) is 14.0. The molecule has 17 heavy (non-hydrogen) atoms. The van der Waals surface area contributed by atoms with Crippen LogP contribution in [0.15, 0.2) is 30.3 Å². The van der Waals surface area contributed by atoms with E-state index in [0.29, 0.717) is 18.1 Å². The van der Waals surface area contributed by atoms with Gasteiger partial charge in [-0.15, -0.1) is 0 Å². The number of H-pyrrole nitrogens is 1. The Morgan fingerprint density at radius 2 is 2.06 bits per heavy atom. The molecule has 0 atom stereocenters. The first kappa shape index (κ1) is 9.89. The summed E-state index contributed by atoms with van der Waals surface area (Å²) in [6, 6.07) is 9.60. The zero-order valence-corrected chi connectivity index (χ0v) is 9.18. The number of nitrogen functional groups attached to an aromatic ring is 1. The van der Waals surface area contributed by atoms with Crippen LogP contribution in [0.3, 0.4) is 0 Å². The zero-order valence-electron chi connectivity index (χ0n) is 9.18. The quantitative estimate of drug-likeness (QED) is 0.770. The highest BCUT2D eigenvalue weighted by atomic mass is 16.2. The Labute approximate surface area is 98.2 Å². The number of amides is 1. The van der Waals surface area contributed by atoms with Crippen molar-refractivity contribution in [2.24, 2.45) is 0 Å². The molecule has 0 aliphatic carbocycles. The molecule has 1 aromatic heterocycles. The van der Waals surface area contributed by atoms with Crippen LogP contribution in [0.25, 0.3) is 0 Å². The minimum atomic E-state index is -0.0679. The first-order valence-corrected chi connectivity index (χ1v) is 5.47. The second kappa shape index (κ2) is 3.62. The van der Waals surface area contributed by atoms with Gasteiger partial charge in [-0.2, -0.15) is 5.10 Å². The van der Waals surface area contributed by atoms with Gasteiger partial charge in [0.25, 0.3) is 5.91 Å². The molecule has 0 saturated heterocycles. The molecule has 0 saturated carbocycles. The van der Waals surface area contributed by atoms with E-state index in [9.17, 15) is 4.79 Å². The lowest BCUT2D eigenvalue weighted by molar-refractivity contribution is 0.0976. The average molecular weight is 228 g/mol. The smallest absolute Gasteiger partial charge is 0.276 e. The van der Waals surface area contributed by atoms with Crippen molar-refractivity contribution in [1.82, 2.24) is 10.2 Å². The number of benzene rings is 1. The van der Waals surface area contributed by atoms with Crippen molar-refractivity contribution in [1.29, 1.82) is 0 Å². The Hall–Kier alpha value is -2.30. The van der Waals surface area contributed by atoms with E-state index in [0.717, 1.165) is 17.7 Å². The lowest BCUT2D eigenvalue weighted by atomic mass is 10.1. The van der Waals surface area contributed by atoms with Gasteiger partial charge >= 0.3 is 0 Å². The standard InChI is InChI=1S/C12H12N4O/c13-11-9-6-7-16(8-4-2-1-3-5-8)12(17)10(9)14-15-11/h1-5H,6-7H2,(H3,13,14,15). The molecule has 2 heterocycles. The third-order valence-corrected chi connectivity index (χ3v) is 3.01. The van der Waals surface area contributed by atoms with E-state index in [4.69, 9.17) is 5.73 Å². The number of aromatic nitrogens is 2. The number of anilines is 2. The van der Waals surface area contributed by atoms with Crippen molar-refractivity contribution in [2.75, 3.05) is 17.2 Å². The van der Waals surface area contributed by atoms with Crippen molar-refractivity contribution in [3.8, 4) is 0 Å². The third kappa shape index (κ3) is 1.47. The number of nitrogens with zero attached hydrogens (tertiary/aromatic N) is 2. The van der Waals surface area contributed by atoms with Crippen LogP contribution < -0.4 is 10.6 Å².